The summed E-state index contributed by atoms with van der Waals surface area (Å²) in [4.78, 5) is 4.14. The third-order valence-electron chi connectivity index (χ3n) is 1.81. The Morgan fingerprint density at radius 2 is 2.15 bits per heavy atom. The van der Waals surface area contributed by atoms with E-state index >= 15 is 0 Å². The first kappa shape index (κ1) is 10.1. The lowest BCUT2D eigenvalue weighted by Gasteiger charge is -2.12. The SMILES string of the molecule is [B]c1ccc(C(C)C)c(OCC)n1. The fourth-order valence-corrected chi connectivity index (χ4v) is 1.16. The van der Waals surface area contributed by atoms with E-state index in [0.29, 0.717) is 24.0 Å². The van der Waals surface area contributed by atoms with E-state index in [1.807, 2.05) is 13.0 Å². The van der Waals surface area contributed by atoms with Crippen LogP contribution in [-0.2, 0) is 0 Å². The number of pyridine rings is 1. The molecule has 0 aliphatic carbocycles. The first-order valence-electron chi connectivity index (χ1n) is 4.54. The van der Waals surface area contributed by atoms with Gasteiger partial charge in [0.15, 0.2) is 0 Å². The van der Waals surface area contributed by atoms with Crippen molar-refractivity contribution in [3.05, 3.63) is 17.7 Å². The van der Waals surface area contributed by atoms with Crippen molar-refractivity contribution in [3.8, 4) is 5.88 Å². The molecule has 0 saturated carbocycles. The normalized spacial score (nSPS) is 10.5. The number of rotatable bonds is 3. The van der Waals surface area contributed by atoms with Gasteiger partial charge in [-0.15, -0.1) is 0 Å². The molecule has 0 atom stereocenters. The van der Waals surface area contributed by atoms with Crippen LogP contribution in [0.3, 0.4) is 0 Å². The number of nitrogens with zero attached hydrogens (tertiary/aromatic N) is 1. The quantitative estimate of drug-likeness (QED) is 0.647. The summed E-state index contributed by atoms with van der Waals surface area (Å²) in [5.74, 6) is 1.08. The molecule has 13 heavy (non-hydrogen) atoms. The molecule has 0 amide bonds. The standard InChI is InChI=1S/C10H14BNO/c1-4-13-10-8(7(2)3)5-6-9(11)12-10/h5-7H,4H2,1-3H3. The Morgan fingerprint density at radius 1 is 1.46 bits per heavy atom. The monoisotopic (exact) mass is 175 g/mol. The minimum Gasteiger partial charge on any atom is -0.478 e. The van der Waals surface area contributed by atoms with Crippen molar-refractivity contribution >= 4 is 13.4 Å². The van der Waals surface area contributed by atoms with Gasteiger partial charge >= 0.3 is 0 Å². The molecule has 1 aromatic rings. The topological polar surface area (TPSA) is 22.1 Å². The maximum absolute atomic E-state index is 5.57. The zero-order valence-corrected chi connectivity index (χ0v) is 8.37. The van der Waals surface area contributed by atoms with Crippen molar-refractivity contribution < 1.29 is 4.74 Å². The Bertz CT molecular complexity index is 286. The molecule has 0 saturated heterocycles. The number of ether oxygens (including phenoxy) is 1. The third-order valence-corrected chi connectivity index (χ3v) is 1.81. The third kappa shape index (κ3) is 2.48. The average Bonchev–Trinajstić information content (AvgIpc) is 2.04. The van der Waals surface area contributed by atoms with E-state index in [4.69, 9.17) is 12.6 Å². The second-order valence-corrected chi connectivity index (χ2v) is 3.22. The first-order valence-corrected chi connectivity index (χ1v) is 4.54. The largest absolute Gasteiger partial charge is 0.478 e. The zero-order chi connectivity index (χ0) is 9.84. The van der Waals surface area contributed by atoms with Crippen molar-refractivity contribution in [2.45, 2.75) is 26.7 Å². The molecular weight excluding hydrogens is 161 g/mol. The molecule has 2 radical (unpaired) electrons. The first-order chi connectivity index (χ1) is 6.15. The summed E-state index contributed by atoms with van der Waals surface area (Å²) in [5, 5.41) is 0. The average molecular weight is 175 g/mol. The molecule has 0 aromatic carbocycles. The van der Waals surface area contributed by atoms with Crippen LogP contribution in [0, 0.1) is 0 Å². The van der Waals surface area contributed by atoms with E-state index in [0.717, 1.165) is 5.56 Å². The molecule has 1 heterocycles. The molecule has 0 aliphatic heterocycles. The lowest BCUT2D eigenvalue weighted by Crippen LogP contribution is -2.12. The van der Waals surface area contributed by atoms with Gasteiger partial charge < -0.3 is 4.74 Å². The summed E-state index contributed by atoms with van der Waals surface area (Å²) in [5.41, 5.74) is 1.61. The summed E-state index contributed by atoms with van der Waals surface area (Å²) in [7, 11) is 5.57. The maximum atomic E-state index is 5.57. The highest BCUT2D eigenvalue weighted by Crippen LogP contribution is 2.22. The van der Waals surface area contributed by atoms with Gasteiger partial charge in [0.05, 0.1) is 6.61 Å². The van der Waals surface area contributed by atoms with Crippen molar-refractivity contribution in [1.82, 2.24) is 4.98 Å². The van der Waals surface area contributed by atoms with Gasteiger partial charge in [-0.25, -0.2) is 4.98 Å². The molecule has 1 aromatic heterocycles. The Kier molecular flexibility index (Phi) is 3.35. The minimum atomic E-state index is 0.412. The molecule has 68 valence electrons. The van der Waals surface area contributed by atoms with E-state index in [-0.39, 0.29) is 0 Å². The van der Waals surface area contributed by atoms with E-state index in [2.05, 4.69) is 18.8 Å². The molecule has 3 heteroatoms. The summed E-state index contributed by atoms with van der Waals surface area (Å²) < 4.78 is 5.39. The summed E-state index contributed by atoms with van der Waals surface area (Å²) in [6.07, 6.45) is 0. The van der Waals surface area contributed by atoms with E-state index in [1.165, 1.54) is 0 Å². The van der Waals surface area contributed by atoms with Crippen LogP contribution >= 0.6 is 0 Å². The summed E-state index contributed by atoms with van der Waals surface area (Å²) in [6, 6.07) is 3.77. The second kappa shape index (κ2) is 4.31. The van der Waals surface area contributed by atoms with Gasteiger partial charge in [-0.1, -0.05) is 26.0 Å². The molecule has 0 bridgehead atoms. The van der Waals surface area contributed by atoms with Crippen LogP contribution in [0.5, 0.6) is 5.88 Å². The molecule has 0 fully saturated rings. The Balaban J connectivity index is 3.03. The zero-order valence-electron chi connectivity index (χ0n) is 8.37. The van der Waals surface area contributed by atoms with Gasteiger partial charge in [0.25, 0.3) is 0 Å². The van der Waals surface area contributed by atoms with Crippen LogP contribution in [0.4, 0.5) is 0 Å². The minimum absolute atomic E-state index is 0.412. The van der Waals surface area contributed by atoms with Gasteiger partial charge in [0.1, 0.15) is 7.85 Å². The fourth-order valence-electron chi connectivity index (χ4n) is 1.16. The van der Waals surface area contributed by atoms with Crippen LogP contribution < -0.4 is 10.3 Å². The number of hydrogen-bond donors (Lipinski definition) is 0. The fraction of sp³-hybridized carbons (Fsp3) is 0.500. The smallest absolute Gasteiger partial charge is 0.216 e. The highest BCUT2D eigenvalue weighted by molar-refractivity contribution is 6.30. The van der Waals surface area contributed by atoms with Crippen molar-refractivity contribution in [1.29, 1.82) is 0 Å². The highest BCUT2D eigenvalue weighted by Gasteiger charge is 2.08. The second-order valence-electron chi connectivity index (χ2n) is 3.22. The van der Waals surface area contributed by atoms with Gasteiger partial charge in [-0.3, -0.25) is 0 Å². The van der Waals surface area contributed by atoms with E-state index < -0.39 is 0 Å². The lowest BCUT2D eigenvalue weighted by molar-refractivity contribution is 0.322. The van der Waals surface area contributed by atoms with Gasteiger partial charge in [-0.2, -0.15) is 0 Å². The maximum Gasteiger partial charge on any atom is 0.216 e. The van der Waals surface area contributed by atoms with Crippen molar-refractivity contribution in [2.24, 2.45) is 0 Å². The van der Waals surface area contributed by atoms with Crippen LogP contribution in [0.25, 0.3) is 0 Å². The Hall–Kier alpha value is -0.985. The highest BCUT2D eigenvalue weighted by atomic mass is 16.5. The molecule has 0 N–H and O–H groups in total. The molecular formula is C10H14BNO. The van der Waals surface area contributed by atoms with Crippen LogP contribution in [0.1, 0.15) is 32.3 Å². The lowest BCUT2D eigenvalue weighted by atomic mass is 9.99. The predicted molar refractivity (Wildman–Crippen MR) is 54.9 cm³/mol. The van der Waals surface area contributed by atoms with Crippen LogP contribution in [0.2, 0.25) is 0 Å². The summed E-state index contributed by atoms with van der Waals surface area (Å²) >= 11 is 0. The van der Waals surface area contributed by atoms with E-state index in [1.54, 1.807) is 6.07 Å². The molecule has 2 nitrogen and oxygen atoms in total. The van der Waals surface area contributed by atoms with E-state index in [9.17, 15) is 0 Å². The summed E-state index contributed by atoms with van der Waals surface area (Å²) in [6.45, 7) is 6.77. The molecule has 1 rings (SSSR count). The van der Waals surface area contributed by atoms with Crippen LogP contribution in [0.15, 0.2) is 12.1 Å². The van der Waals surface area contributed by atoms with Gasteiger partial charge in [-0.05, 0) is 18.4 Å². The predicted octanol–water partition coefficient (Wildman–Crippen LogP) is 1.40. The number of hydrogen-bond acceptors (Lipinski definition) is 2. The van der Waals surface area contributed by atoms with Gasteiger partial charge in [0, 0.05) is 5.56 Å². The van der Waals surface area contributed by atoms with Crippen LogP contribution in [-0.4, -0.2) is 19.4 Å². The van der Waals surface area contributed by atoms with Crippen molar-refractivity contribution in [2.75, 3.05) is 6.61 Å². The Labute approximate surface area is 80.7 Å². The Morgan fingerprint density at radius 3 is 2.69 bits per heavy atom. The molecule has 0 aliphatic rings. The van der Waals surface area contributed by atoms with Crippen molar-refractivity contribution in [3.63, 3.8) is 0 Å². The molecule has 0 spiro atoms. The molecule has 0 unspecified atom stereocenters. The number of aromatic nitrogens is 1. The van der Waals surface area contributed by atoms with Gasteiger partial charge in [0.2, 0.25) is 5.88 Å².